The van der Waals surface area contributed by atoms with E-state index in [1.54, 1.807) is 41.4 Å². The highest BCUT2D eigenvalue weighted by molar-refractivity contribution is 6.11. The van der Waals surface area contributed by atoms with Gasteiger partial charge in [-0.2, -0.15) is 0 Å². The van der Waals surface area contributed by atoms with Gasteiger partial charge in [0.25, 0.3) is 5.91 Å². The predicted molar refractivity (Wildman–Crippen MR) is 108 cm³/mol. The smallest absolute Gasteiger partial charge is 0.260 e. The van der Waals surface area contributed by atoms with Gasteiger partial charge in [-0.25, -0.2) is 4.39 Å². The van der Waals surface area contributed by atoms with E-state index in [1.165, 1.54) is 6.07 Å². The van der Waals surface area contributed by atoms with E-state index >= 15 is 0 Å². The van der Waals surface area contributed by atoms with Gasteiger partial charge in [-0.3, -0.25) is 19.5 Å². The summed E-state index contributed by atoms with van der Waals surface area (Å²) in [7, 11) is 0. The Kier molecular flexibility index (Phi) is 5.08. The van der Waals surface area contributed by atoms with Crippen molar-refractivity contribution in [3.8, 4) is 0 Å². The number of nitrogens with one attached hydrogen (secondary N) is 1. The lowest BCUT2D eigenvalue weighted by molar-refractivity contribution is -0.121. The first-order chi connectivity index (χ1) is 14.0. The normalized spacial score (nSPS) is 15.3. The zero-order valence-corrected chi connectivity index (χ0v) is 15.9. The van der Waals surface area contributed by atoms with Crippen LogP contribution in [0.2, 0.25) is 0 Å². The molecule has 29 heavy (non-hydrogen) atoms. The zero-order chi connectivity index (χ0) is 20.4. The first-order valence-electron chi connectivity index (χ1n) is 9.40. The summed E-state index contributed by atoms with van der Waals surface area (Å²) < 4.78 is 13.8. The summed E-state index contributed by atoms with van der Waals surface area (Å²) in [6.45, 7) is 2.04. The van der Waals surface area contributed by atoms with Crippen molar-refractivity contribution in [2.45, 2.75) is 25.9 Å². The topological polar surface area (TPSA) is 62.3 Å². The van der Waals surface area contributed by atoms with Crippen LogP contribution in [0.1, 0.15) is 39.6 Å². The van der Waals surface area contributed by atoms with Gasteiger partial charge in [-0.05, 0) is 42.8 Å². The molecule has 0 fully saturated rings. The van der Waals surface area contributed by atoms with Crippen molar-refractivity contribution in [1.29, 1.82) is 0 Å². The molecule has 2 aromatic carbocycles. The number of hydrogen-bond acceptors (Lipinski definition) is 3. The van der Waals surface area contributed by atoms with Crippen molar-refractivity contribution in [3.05, 3.63) is 95.1 Å². The number of anilines is 1. The summed E-state index contributed by atoms with van der Waals surface area (Å²) in [5.41, 5.74) is 3.24. The molecule has 3 aromatic rings. The van der Waals surface area contributed by atoms with Crippen molar-refractivity contribution in [2.24, 2.45) is 0 Å². The van der Waals surface area contributed by atoms with Gasteiger partial charge in [0, 0.05) is 24.0 Å². The second-order valence-corrected chi connectivity index (χ2v) is 7.04. The van der Waals surface area contributed by atoms with Crippen molar-refractivity contribution in [1.82, 2.24) is 10.3 Å². The molecule has 0 bridgehead atoms. The van der Waals surface area contributed by atoms with Crippen LogP contribution in [0.4, 0.5) is 10.1 Å². The Morgan fingerprint density at radius 2 is 1.97 bits per heavy atom. The standard InChI is InChI=1S/C23H20FN3O2/c1-15-6-4-8-17(12-15)27-20(22-18(23(27)29)9-5-11-25-22)13-21(28)26-14-16-7-2-3-10-19(16)24/h2-12,20H,13-14H2,1H3,(H,26,28)/t20-/m0/s1. The van der Waals surface area contributed by atoms with Crippen LogP contribution in [0.5, 0.6) is 0 Å². The van der Waals surface area contributed by atoms with E-state index in [9.17, 15) is 14.0 Å². The van der Waals surface area contributed by atoms with Crippen molar-refractivity contribution >= 4 is 17.5 Å². The number of pyridine rings is 1. The number of fused-ring (bicyclic) bond motifs is 1. The molecular weight excluding hydrogens is 369 g/mol. The molecule has 1 aromatic heterocycles. The number of aromatic nitrogens is 1. The van der Waals surface area contributed by atoms with Crippen molar-refractivity contribution in [2.75, 3.05) is 4.90 Å². The molecule has 0 unspecified atom stereocenters. The fourth-order valence-electron chi connectivity index (χ4n) is 3.60. The summed E-state index contributed by atoms with van der Waals surface area (Å²) in [5, 5.41) is 2.75. The highest BCUT2D eigenvalue weighted by atomic mass is 19.1. The third-order valence-electron chi connectivity index (χ3n) is 5.01. The van der Waals surface area contributed by atoms with Crippen LogP contribution in [-0.2, 0) is 11.3 Å². The number of benzene rings is 2. The van der Waals surface area contributed by atoms with Crippen LogP contribution in [0.25, 0.3) is 0 Å². The van der Waals surface area contributed by atoms with Crippen LogP contribution in [0.15, 0.2) is 66.9 Å². The monoisotopic (exact) mass is 389 g/mol. The van der Waals surface area contributed by atoms with Gasteiger partial charge in [0.1, 0.15) is 5.82 Å². The van der Waals surface area contributed by atoms with E-state index in [1.807, 2.05) is 31.2 Å². The molecule has 1 N–H and O–H groups in total. The summed E-state index contributed by atoms with van der Waals surface area (Å²) in [4.78, 5) is 31.7. The largest absolute Gasteiger partial charge is 0.352 e. The van der Waals surface area contributed by atoms with Crippen molar-refractivity contribution < 1.29 is 14.0 Å². The van der Waals surface area contributed by atoms with Crippen LogP contribution in [0, 0.1) is 12.7 Å². The number of halogens is 1. The van der Waals surface area contributed by atoms with E-state index in [4.69, 9.17) is 0 Å². The van der Waals surface area contributed by atoms with E-state index in [0.29, 0.717) is 16.8 Å². The quantitative estimate of drug-likeness (QED) is 0.719. The van der Waals surface area contributed by atoms with Crippen LogP contribution < -0.4 is 10.2 Å². The highest BCUT2D eigenvalue weighted by Crippen LogP contribution is 2.38. The maximum atomic E-state index is 13.8. The molecule has 0 saturated heterocycles. The van der Waals surface area contributed by atoms with Gasteiger partial charge < -0.3 is 5.32 Å². The molecule has 0 saturated carbocycles. The summed E-state index contributed by atoms with van der Waals surface area (Å²) in [5.74, 6) is -0.815. The first-order valence-corrected chi connectivity index (χ1v) is 9.40. The molecule has 1 atom stereocenters. The Morgan fingerprint density at radius 3 is 2.76 bits per heavy atom. The SMILES string of the molecule is Cc1cccc(N2C(=O)c3cccnc3[C@@H]2CC(=O)NCc2ccccc2F)c1. The minimum absolute atomic E-state index is 0.0398. The average Bonchev–Trinajstić information content (AvgIpc) is 2.99. The molecule has 1 aliphatic rings. The minimum atomic E-state index is -0.513. The van der Waals surface area contributed by atoms with Crippen LogP contribution >= 0.6 is 0 Å². The highest BCUT2D eigenvalue weighted by Gasteiger charge is 2.39. The second-order valence-electron chi connectivity index (χ2n) is 7.04. The second kappa shape index (κ2) is 7.83. The summed E-state index contributed by atoms with van der Waals surface area (Å²) in [6, 6.07) is 16.8. The molecule has 4 rings (SSSR count). The van der Waals surface area contributed by atoms with E-state index < -0.39 is 6.04 Å². The van der Waals surface area contributed by atoms with Gasteiger partial charge in [0.2, 0.25) is 5.91 Å². The van der Waals surface area contributed by atoms with Crippen LogP contribution in [-0.4, -0.2) is 16.8 Å². The zero-order valence-electron chi connectivity index (χ0n) is 15.9. The first kappa shape index (κ1) is 18.8. The van der Waals surface area contributed by atoms with E-state index in [2.05, 4.69) is 10.3 Å². The summed E-state index contributed by atoms with van der Waals surface area (Å²) >= 11 is 0. The van der Waals surface area contributed by atoms with Crippen molar-refractivity contribution in [3.63, 3.8) is 0 Å². The molecule has 146 valence electrons. The van der Waals surface area contributed by atoms with E-state index in [0.717, 1.165) is 11.3 Å². The molecule has 5 nitrogen and oxygen atoms in total. The molecule has 0 radical (unpaired) electrons. The average molecular weight is 389 g/mol. The van der Waals surface area contributed by atoms with Crippen LogP contribution in [0.3, 0.4) is 0 Å². The lowest BCUT2D eigenvalue weighted by Crippen LogP contribution is -2.33. The fraction of sp³-hybridized carbons (Fsp3) is 0.174. The molecule has 6 heteroatoms. The van der Waals surface area contributed by atoms with Gasteiger partial charge >= 0.3 is 0 Å². The van der Waals surface area contributed by atoms with Gasteiger partial charge in [-0.1, -0.05) is 30.3 Å². The maximum absolute atomic E-state index is 13.8. The van der Waals surface area contributed by atoms with E-state index in [-0.39, 0.29) is 30.6 Å². The number of aryl methyl sites for hydroxylation is 1. The predicted octanol–water partition coefficient (Wildman–Crippen LogP) is 3.94. The minimum Gasteiger partial charge on any atom is -0.352 e. The third kappa shape index (κ3) is 3.74. The maximum Gasteiger partial charge on any atom is 0.260 e. The molecule has 0 spiro atoms. The molecule has 2 amide bonds. The number of carbonyl (C=O) groups excluding carboxylic acids is 2. The summed E-state index contributed by atoms with van der Waals surface area (Å²) in [6.07, 6.45) is 1.66. The van der Waals surface area contributed by atoms with Gasteiger partial charge in [0.05, 0.1) is 23.7 Å². The number of rotatable bonds is 5. The number of nitrogens with zero attached hydrogens (tertiary/aromatic N) is 2. The Bertz CT molecular complexity index is 1080. The third-order valence-corrected chi connectivity index (χ3v) is 5.01. The van der Waals surface area contributed by atoms with Gasteiger partial charge in [0.15, 0.2) is 0 Å². The molecule has 2 heterocycles. The molecular formula is C23H20FN3O2. The van der Waals surface area contributed by atoms with Gasteiger partial charge in [-0.15, -0.1) is 0 Å². The Labute approximate surface area is 168 Å². The number of hydrogen-bond donors (Lipinski definition) is 1. The Hall–Kier alpha value is -3.54. The molecule has 0 aliphatic carbocycles. The number of amides is 2. The Balaban J connectivity index is 1.58. The lowest BCUT2D eigenvalue weighted by Gasteiger charge is -2.25. The number of carbonyl (C=O) groups is 2. The lowest BCUT2D eigenvalue weighted by atomic mass is 10.1. The molecule has 1 aliphatic heterocycles. The fourth-order valence-corrected chi connectivity index (χ4v) is 3.60. The Morgan fingerprint density at radius 1 is 1.14 bits per heavy atom.